The zero-order chi connectivity index (χ0) is 19.4. The van der Waals surface area contributed by atoms with Crippen molar-refractivity contribution < 1.29 is 13.2 Å². The number of aromatic nitrogens is 1. The Hall–Kier alpha value is -1.38. The van der Waals surface area contributed by atoms with E-state index in [4.69, 9.17) is 0 Å². The number of carbonyl (C=O) groups excluding carboxylic acids is 1. The van der Waals surface area contributed by atoms with Crippen LogP contribution in [-0.4, -0.2) is 54.1 Å². The topological polar surface area (TPSA) is 67.3 Å². The number of benzene rings is 1. The number of nitrogens with zero attached hydrogens (tertiary/aromatic N) is 2. The molecular formula is C19H24N2O3S3. The van der Waals surface area contributed by atoms with Crippen LogP contribution in [0, 0.1) is 6.92 Å². The molecule has 1 aliphatic heterocycles. The second-order valence-corrected chi connectivity index (χ2v) is 11.1. The second-order valence-electron chi connectivity index (χ2n) is 6.80. The monoisotopic (exact) mass is 424 g/mol. The van der Waals surface area contributed by atoms with Crippen molar-refractivity contribution >= 4 is 38.8 Å². The first-order valence-corrected chi connectivity index (χ1v) is 12.7. The van der Waals surface area contributed by atoms with Crippen LogP contribution in [0.2, 0.25) is 0 Å². The summed E-state index contributed by atoms with van der Waals surface area (Å²) >= 11 is 2.96. The van der Waals surface area contributed by atoms with Gasteiger partial charge in [-0.15, -0.1) is 11.3 Å². The number of hydrogen-bond donors (Lipinski definition) is 0. The maximum Gasteiger partial charge on any atom is 0.233 e. The summed E-state index contributed by atoms with van der Waals surface area (Å²) in [6, 6.07) is 8.04. The molecule has 146 valence electrons. The lowest BCUT2D eigenvalue weighted by Crippen LogP contribution is -2.42. The second kappa shape index (κ2) is 8.75. The van der Waals surface area contributed by atoms with E-state index in [-0.39, 0.29) is 29.2 Å². The normalized spacial score (nSPS) is 18.5. The van der Waals surface area contributed by atoms with Crippen LogP contribution in [0.4, 0.5) is 0 Å². The maximum atomic E-state index is 12.7. The molecule has 0 spiro atoms. The molecule has 0 N–H and O–H groups in total. The van der Waals surface area contributed by atoms with Gasteiger partial charge in [-0.2, -0.15) is 0 Å². The average Bonchev–Trinajstić information content (AvgIpc) is 3.24. The van der Waals surface area contributed by atoms with Crippen molar-refractivity contribution in [1.29, 1.82) is 0 Å². The first-order valence-electron chi connectivity index (χ1n) is 9.03. The number of carbonyl (C=O) groups is 1. The summed E-state index contributed by atoms with van der Waals surface area (Å²) in [7, 11) is -3.00. The van der Waals surface area contributed by atoms with Gasteiger partial charge in [-0.05, 0) is 19.8 Å². The maximum absolute atomic E-state index is 12.7. The van der Waals surface area contributed by atoms with Crippen molar-refractivity contribution in [2.24, 2.45) is 0 Å². The van der Waals surface area contributed by atoms with Gasteiger partial charge in [0, 0.05) is 23.5 Å². The lowest BCUT2D eigenvalue weighted by molar-refractivity contribution is -0.130. The molecule has 0 aliphatic carbocycles. The van der Waals surface area contributed by atoms with Gasteiger partial charge in [0.25, 0.3) is 0 Å². The van der Waals surface area contributed by atoms with Gasteiger partial charge in [-0.3, -0.25) is 4.79 Å². The first kappa shape index (κ1) is 20.4. The molecule has 1 aromatic heterocycles. The van der Waals surface area contributed by atoms with Gasteiger partial charge >= 0.3 is 0 Å². The van der Waals surface area contributed by atoms with E-state index in [1.807, 2.05) is 24.4 Å². The Kier molecular flexibility index (Phi) is 6.60. The van der Waals surface area contributed by atoms with Crippen molar-refractivity contribution in [3.8, 4) is 11.3 Å². The predicted molar refractivity (Wildman–Crippen MR) is 112 cm³/mol. The van der Waals surface area contributed by atoms with Crippen molar-refractivity contribution in [2.75, 3.05) is 23.8 Å². The van der Waals surface area contributed by atoms with Crippen molar-refractivity contribution in [3.63, 3.8) is 0 Å². The minimum atomic E-state index is -3.00. The van der Waals surface area contributed by atoms with E-state index in [1.165, 1.54) is 28.7 Å². The zero-order valence-corrected chi connectivity index (χ0v) is 18.0. The molecule has 27 heavy (non-hydrogen) atoms. The molecule has 1 atom stereocenters. The van der Waals surface area contributed by atoms with E-state index in [1.54, 1.807) is 4.90 Å². The molecule has 5 nitrogen and oxygen atoms in total. The average molecular weight is 425 g/mol. The van der Waals surface area contributed by atoms with Gasteiger partial charge in [0.15, 0.2) is 14.2 Å². The lowest BCUT2D eigenvalue weighted by Gasteiger charge is -2.27. The van der Waals surface area contributed by atoms with Crippen molar-refractivity contribution in [2.45, 2.75) is 37.1 Å². The van der Waals surface area contributed by atoms with Crippen LogP contribution in [0.15, 0.2) is 34.0 Å². The van der Waals surface area contributed by atoms with Crippen LogP contribution in [0.5, 0.6) is 0 Å². The summed E-state index contributed by atoms with van der Waals surface area (Å²) < 4.78 is 24.4. The summed E-state index contributed by atoms with van der Waals surface area (Å²) in [6.07, 6.45) is 1.37. The molecule has 1 aromatic carbocycles. The molecule has 2 aromatic rings. The fourth-order valence-electron chi connectivity index (χ4n) is 3.16. The summed E-state index contributed by atoms with van der Waals surface area (Å²) in [5, 5.41) is 2.00. The summed E-state index contributed by atoms with van der Waals surface area (Å²) in [5.74, 6) is 0.566. The van der Waals surface area contributed by atoms with Gasteiger partial charge in [-0.25, -0.2) is 13.4 Å². The largest absolute Gasteiger partial charge is 0.338 e. The molecule has 0 saturated carbocycles. The molecule has 1 saturated heterocycles. The summed E-state index contributed by atoms with van der Waals surface area (Å²) in [6.45, 7) is 4.66. The Labute approximate surface area is 169 Å². The zero-order valence-electron chi connectivity index (χ0n) is 15.6. The smallest absolute Gasteiger partial charge is 0.233 e. The fraction of sp³-hybridized carbons (Fsp3) is 0.474. The third-order valence-corrected chi connectivity index (χ3v) is 8.34. The Balaban J connectivity index is 1.61. The third-order valence-electron chi connectivity index (χ3n) is 4.58. The van der Waals surface area contributed by atoms with Crippen LogP contribution < -0.4 is 0 Å². The van der Waals surface area contributed by atoms with E-state index in [2.05, 4.69) is 24.0 Å². The number of rotatable bonds is 7. The molecule has 3 rings (SSSR count). The van der Waals surface area contributed by atoms with Crippen LogP contribution in [-0.2, 0) is 14.6 Å². The highest BCUT2D eigenvalue weighted by molar-refractivity contribution is 8.01. The molecule has 1 unspecified atom stereocenters. The third kappa shape index (κ3) is 5.33. The minimum absolute atomic E-state index is 0.00367. The van der Waals surface area contributed by atoms with E-state index in [9.17, 15) is 13.2 Å². The van der Waals surface area contributed by atoms with Crippen molar-refractivity contribution in [3.05, 3.63) is 35.2 Å². The molecule has 0 radical (unpaired) electrons. The lowest BCUT2D eigenvalue weighted by atomic mass is 10.1. The Morgan fingerprint density at radius 1 is 1.33 bits per heavy atom. The summed E-state index contributed by atoms with van der Waals surface area (Å²) in [4.78, 5) is 19.1. The molecule has 8 heteroatoms. The highest BCUT2D eigenvalue weighted by Gasteiger charge is 2.34. The quantitative estimate of drug-likeness (QED) is 0.635. The number of sulfone groups is 1. The number of amides is 1. The highest BCUT2D eigenvalue weighted by atomic mass is 32.2. The van der Waals surface area contributed by atoms with Gasteiger partial charge < -0.3 is 4.90 Å². The Morgan fingerprint density at radius 2 is 2.07 bits per heavy atom. The molecule has 1 fully saturated rings. The molecule has 2 heterocycles. The number of thiazole rings is 1. The SMILES string of the molecule is CCCN(C(=O)CSc1nc(-c2ccc(C)cc2)cs1)C1CCS(=O)(=O)C1. The number of hydrogen-bond acceptors (Lipinski definition) is 6. The van der Waals surface area contributed by atoms with E-state index in [0.29, 0.717) is 13.0 Å². The van der Waals surface area contributed by atoms with E-state index < -0.39 is 9.84 Å². The Morgan fingerprint density at radius 3 is 2.70 bits per heavy atom. The van der Waals surface area contributed by atoms with Gasteiger partial charge in [-0.1, -0.05) is 48.5 Å². The summed E-state index contributed by atoms with van der Waals surface area (Å²) in [5.41, 5.74) is 3.19. The van der Waals surface area contributed by atoms with Gasteiger partial charge in [0.2, 0.25) is 5.91 Å². The van der Waals surface area contributed by atoms with Crippen LogP contribution in [0.1, 0.15) is 25.3 Å². The first-order chi connectivity index (χ1) is 12.9. The fourth-order valence-corrected chi connectivity index (χ4v) is 6.61. The Bertz CT molecular complexity index is 891. The van der Waals surface area contributed by atoms with Crippen molar-refractivity contribution in [1.82, 2.24) is 9.88 Å². The highest BCUT2D eigenvalue weighted by Crippen LogP contribution is 2.29. The molecular weight excluding hydrogens is 400 g/mol. The number of thioether (sulfide) groups is 1. The minimum Gasteiger partial charge on any atom is -0.338 e. The predicted octanol–water partition coefficient (Wildman–Crippen LogP) is 3.64. The van der Waals surface area contributed by atoms with Gasteiger partial charge in [0.05, 0.1) is 23.0 Å². The standard InChI is InChI=1S/C19H24N2O3S3/c1-3-9-21(16-8-10-27(23,24)13-16)18(22)12-26-19-20-17(11-25-19)15-6-4-14(2)5-7-15/h4-7,11,16H,3,8-10,12-13H2,1-2H3. The van der Waals surface area contributed by atoms with Crippen LogP contribution >= 0.6 is 23.1 Å². The van der Waals surface area contributed by atoms with Crippen LogP contribution in [0.25, 0.3) is 11.3 Å². The van der Waals surface area contributed by atoms with E-state index in [0.717, 1.165) is 22.0 Å². The van der Waals surface area contributed by atoms with Gasteiger partial charge in [0.1, 0.15) is 0 Å². The van der Waals surface area contributed by atoms with Crippen LogP contribution in [0.3, 0.4) is 0 Å². The molecule has 0 bridgehead atoms. The number of aryl methyl sites for hydroxylation is 1. The van der Waals surface area contributed by atoms with E-state index >= 15 is 0 Å². The molecule has 1 amide bonds. The molecule has 1 aliphatic rings.